The van der Waals surface area contributed by atoms with Crippen LogP contribution in [0.5, 0.6) is 5.75 Å². The van der Waals surface area contributed by atoms with Crippen molar-refractivity contribution >= 4 is 17.5 Å². The molecule has 0 bridgehead atoms. The summed E-state index contributed by atoms with van der Waals surface area (Å²) in [7, 11) is 0. The molecule has 1 N–H and O–H groups in total. The number of hydrogen-bond donors (Lipinski definition) is 1. The van der Waals surface area contributed by atoms with Crippen LogP contribution in [-0.4, -0.2) is 27.6 Å². The Bertz CT molecular complexity index is 609. The zero-order chi connectivity index (χ0) is 16.7. The number of imidazole rings is 1. The molecule has 0 saturated carbocycles. The Kier molecular flexibility index (Phi) is 6.04. The number of unbranched alkanes of at least 4 members (excludes halogenated alkanes) is 1. The molecule has 0 aliphatic carbocycles. The first-order valence-electron chi connectivity index (χ1n) is 7.66. The Morgan fingerprint density at radius 1 is 1.30 bits per heavy atom. The van der Waals surface area contributed by atoms with Crippen LogP contribution in [0.4, 0.5) is 0 Å². The molecule has 0 atom stereocenters. The lowest BCUT2D eigenvalue weighted by atomic mass is 10.1. The third kappa shape index (κ3) is 5.60. The monoisotopic (exact) mass is 335 g/mol. The van der Waals surface area contributed by atoms with E-state index in [0.29, 0.717) is 17.3 Å². The van der Waals surface area contributed by atoms with Gasteiger partial charge in [0, 0.05) is 30.5 Å². The number of aromatic nitrogens is 2. The van der Waals surface area contributed by atoms with Gasteiger partial charge >= 0.3 is 0 Å². The number of nitrogens with zero attached hydrogens (tertiary/aromatic N) is 2. The highest BCUT2D eigenvalue weighted by atomic mass is 35.5. The standard InChI is InChI=1S/C17H22ClN3O2/c1-17(2,23-15-7-5-14(18)6-8-15)16(22)20-9-3-4-11-21-12-10-19-13-21/h5-8,10,12-13H,3-4,9,11H2,1-2H3,(H,20,22). The van der Waals surface area contributed by atoms with Crippen LogP contribution >= 0.6 is 11.6 Å². The van der Waals surface area contributed by atoms with E-state index < -0.39 is 5.60 Å². The summed E-state index contributed by atoms with van der Waals surface area (Å²) in [5.74, 6) is 0.490. The predicted molar refractivity (Wildman–Crippen MR) is 90.6 cm³/mol. The van der Waals surface area contributed by atoms with Gasteiger partial charge in [-0.05, 0) is 51.0 Å². The zero-order valence-electron chi connectivity index (χ0n) is 13.5. The van der Waals surface area contributed by atoms with Crippen molar-refractivity contribution in [3.05, 3.63) is 48.0 Å². The van der Waals surface area contributed by atoms with Crippen molar-refractivity contribution in [2.75, 3.05) is 6.54 Å². The van der Waals surface area contributed by atoms with Gasteiger partial charge in [0.25, 0.3) is 5.91 Å². The van der Waals surface area contributed by atoms with Gasteiger partial charge < -0.3 is 14.6 Å². The SMILES string of the molecule is CC(C)(Oc1ccc(Cl)cc1)C(=O)NCCCCn1ccnc1. The smallest absolute Gasteiger partial charge is 0.263 e. The molecule has 124 valence electrons. The molecule has 0 aliphatic rings. The largest absolute Gasteiger partial charge is 0.478 e. The first kappa shape index (κ1) is 17.3. The fourth-order valence-electron chi connectivity index (χ4n) is 2.10. The molecule has 0 saturated heterocycles. The van der Waals surface area contributed by atoms with E-state index in [-0.39, 0.29) is 5.91 Å². The number of benzene rings is 1. The number of carbonyl (C=O) groups excluding carboxylic acids is 1. The molecule has 1 amide bonds. The van der Waals surface area contributed by atoms with Crippen LogP contribution in [0.2, 0.25) is 5.02 Å². The molecule has 1 heterocycles. The Balaban J connectivity index is 1.71. The Hall–Kier alpha value is -2.01. The lowest BCUT2D eigenvalue weighted by Crippen LogP contribution is -2.46. The third-order valence-corrected chi connectivity index (χ3v) is 3.67. The number of carbonyl (C=O) groups is 1. The van der Waals surface area contributed by atoms with E-state index in [1.165, 1.54) is 0 Å². The summed E-state index contributed by atoms with van der Waals surface area (Å²) >= 11 is 5.84. The minimum absolute atomic E-state index is 0.130. The van der Waals surface area contributed by atoms with Crippen LogP contribution in [0.3, 0.4) is 0 Å². The quantitative estimate of drug-likeness (QED) is 0.753. The molecule has 5 nitrogen and oxygen atoms in total. The Morgan fingerprint density at radius 2 is 2.04 bits per heavy atom. The number of aryl methyl sites for hydroxylation is 1. The summed E-state index contributed by atoms with van der Waals surface area (Å²) in [4.78, 5) is 16.2. The van der Waals surface area contributed by atoms with E-state index in [9.17, 15) is 4.79 Å². The van der Waals surface area contributed by atoms with Gasteiger partial charge in [0.15, 0.2) is 5.60 Å². The van der Waals surface area contributed by atoms with Crippen LogP contribution in [0, 0.1) is 0 Å². The maximum atomic E-state index is 12.3. The van der Waals surface area contributed by atoms with Crippen LogP contribution in [-0.2, 0) is 11.3 Å². The molecule has 0 radical (unpaired) electrons. The maximum Gasteiger partial charge on any atom is 0.263 e. The van der Waals surface area contributed by atoms with E-state index in [0.717, 1.165) is 19.4 Å². The second-order valence-electron chi connectivity index (χ2n) is 5.83. The van der Waals surface area contributed by atoms with Crippen molar-refractivity contribution in [2.45, 2.75) is 38.8 Å². The van der Waals surface area contributed by atoms with Crippen molar-refractivity contribution in [1.29, 1.82) is 0 Å². The van der Waals surface area contributed by atoms with Crippen molar-refractivity contribution in [3.8, 4) is 5.75 Å². The fourth-order valence-corrected chi connectivity index (χ4v) is 2.22. The van der Waals surface area contributed by atoms with Crippen molar-refractivity contribution < 1.29 is 9.53 Å². The number of nitrogens with one attached hydrogen (secondary N) is 1. The molecule has 0 unspecified atom stereocenters. The predicted octanol–water partition coefficient (Wildman–Crippen LogP) is 3.29. The molecule has 0 aliphatic heterocycles. The minimum Gasteiger partial charge on any atom is -0.478 e. The molecule has 23 heavy (non-hydrogen) atoms. The first-order chi connectivity index (χ1) is 11.0. The van der Waals surface area contributed by atoms with Gasteiger partial charge in [-0.3, -0.25) is 4.79 Å². The average Bonchev–Trinajstić information content (AvgIpc) is 3.02. The molecule has 0 spiro atoms. The molecule has 1 aromatic carbocycles. The van der Waals surface area contributed by atoms with Crippen molar-refractivity contribution in [3.63, 3.8) is 0 Å². The summed E-state index contributed by atoms with van der Waals surface area (Å²) < 4.78 is 7.77. The molecule has 0 fully saturated rings. The van der Waals surface area contributed by atoms with Gasteiger partial charge in [-0.15, -0.1) is 0 Å². The number of hydrogen-bond acceptors (Lipinski definition) is 3. The van der Waals surface area contributed by atoms with Gasteiger partial charge in [-0.25, -0.2) is 4.98 Å². The van der Waals surface area contributed by atoms with E-state index in [1.807, 2.05) is 10.8 Å². The van der Waals surface area contributed by atoms with Gasteiger partial charge in [-0.2, -0.15) is 0 Å². The van der Waals surface area contributed by atoms with Crippen LogP contribution in [0.1, 0.15) is 26.7 Å². The topological polar surface area (TPSA) is 56.1 Å². The molecular weight excluding hydrogens is 314 g/mol. The summed E-state index contributed by atoms with van der Waals surface area (Å²) in [5, 5.41) is 3.56. The summed E-state index contributed by atoms with van der Waals surface area (Å²) in [6.45, 7) is 5.03. The van der Waals surface area contributed by atoms with E-state index in [1.54, 1.807) is 50.6 Å². The number of halogens is 1. The second kappa shape index (κ2) is 8.02. The number of rotatable bonds is 8. The van der Waals surface area contributed by atoms with Gasteiger partial charge in [0.2, 0.25) is 0 Å². The lowest BCUT2D eigenvalue weighted by molar-refractivity contribution is -0.134. The molecule has 6 heteroatoms. The summed E-state index contributed by atoms with van der Waals surface area (Å²) in [5.41, 5.74) is -0.932. The molecule has 2 aromatic rings. The average molecular weight is 336 g/mol. The van der Waals surface area contributed by atoms with Gasteiger partial charge in [-0.1, -0.05) is 11.6 Å². The zero-order valence-corrected chi connectivity index (χ0v) is 14.2. The second-order valence-corrected chi connectivity index (χ2v) is 6.27. The highest BCUT2D eigenvalue weighted by molar-refractivity contribution is 6.30. The maximum absolute atomic E-state index is 12.3. The van der Waals surface area contributed by atoms with E-state index >= 15 is 0 Å². The molecular formula is C17H22ClN3O2. The Morgan fingerprint density at radius 3 is 2.70 bits per heavy atom. The highest BCUT2D eigenvalue weighted by Gasteiger charge is 2.29. The van der Waals surface area contributed by atoms with Crippen LogP contribution in [0.25, 0.3) is 0 Å². The first-order valence-corrected chi connectivity index (χ1v) is 8.04. The number of amides is 1. The fraction of sp³-hybridized carbons (Fsp3) is 0.412. The minimum atomic E-state index is -0.932. The Labute approximate surface area is 141 Å². The van der Waals surface area contributed by atoms with Crippen molar-refractivity contribution in [2.24, 2.45) is 0 Å². The van der Waals surface area contributed by atoms with Crippen LogP contribution < -0.4 is 10.1 Å². The molecule has 2 rings (SSSR count). The summed E-state index contributed by atoms with van der Waals surface area (Å²) in [6.07, 6.45) is 7.37. The van der Waals surface area contributed by atoms with Gasteiger partial charge in [0.1, 0.15) is 5.75 Å². The lowest BCUT2D eigenvalue weighted by Gasteiger charge is -2.25. The van der Waals surface area contributed by atoms with Gasteiger partial charge in [0.05, 0.1) is 6.33 Å². The number of ether oxygens (including phenoxy) is 1. The third-order valence-electron chi connectivity index (χ3n) is 3.42. The van der Waals surface area contributed by atoms with Crippen LogP contribution in [0.15, 0.2) is 43.0 Å². The highest BCUT2D eigenvalue weighted by Crippen LogP contribution is 2.20. The van der Waals surface area contributed by atoms with Crippen molar-refractivity contribution in [1.82, 2.24) is 14.9 Å². The van der Waals surface area contributed by atoms with E-state index in [2.05, 4.69) is 10.3 Å². The molecule has 1 aromatic heterocycles. The normalized spacial score (nSPS) is 11.3. The van der Waals surface area contributed by atoms with E-state index in [4.69, 9.17) is 16.3 Å². The summed E-state index contributed by atoms with van der Waals surface area (Å²) in [6, 6.07) is 6.98.